The van der Waals surface area contributed by atoms with Crippen molar-refractivity contribution in [3.05, 3.63) is 30.1 Å². The Morgan fingerprint density at radius 3 is 2.80 bits per heavy atom. The molecule has 0 spiro atoms. The Balaban J connectivity index is 1.70. The number of aliphatic hydroxyl groups excluding tert-OH is 1. The van der Waals surface area contributed by atoms with E-state index in [-0.39, 0.29) is 6.10 Å². The molecule has 1 aromatic rings. The Morgan fingerprint density at radius 2 is 2.20 bits per heavy atom. The smallest absolute Gasteiger partial charge is 0.0639 e. The highest BCUT2D eigenvalue weighted by Gasteiger charge is 2.21. The molecule has 112 valence electrons. The zero-order valence-corrected chi connectivity index (χ0v) is 12.7. The molecule has 0 aromatic carbocycles. The highest BCUT2D eigenvalue weighted by molar-refractivity contribution is 5.07. The van der Waals surface area contributed by atoms with Crippen molar-refractivity contribution in [1.82, 2.24) is 14.8 Å². The van der Waals surface area contributed by atoms with E-state index in [9.17, 15) is 5.11 Å². The number of hydrogen-bond donors (Lipinski definition) is 1. The first-order chi connectivity index (χ1) is 9.63. The molecule has 2 heterocycles. The molecule has 0 radical (unpaired) electrons. The van der Waals surface area contributed by atoms with Gasteiger partial charge in [0.15, 0.2) is 0 Å². The first-order valence-corrected chi connectivity index (χ1v) is 7.61. The third-order valence-corrected chi connectivity index (χ3v) is 3.97. The van der Waals surface area contributed by atoms with Gasteiger partial charge in [0.2, 0.25) is 0 Å². The summed E-state index contributed by atoms with van der Waals surface area (Å²) in [4.78, 5) is 8.94. The van der Waals surface area contributed by atoms with E-state index in [1.54, 1.807) is 0 Å². The average Bonchev–Trinajstić information content (AvgIpc) is 2.41. The first kappa shape index (κ1) is 15.4. The van der Waals surface area contributed by atoms with Crippen LogP contribution in [0.1, 0.15) is 25.3 Å². The predicted octanol–water partition coefficient (Wildman–Crippen LogP) is 1.61. The molecule has 20 heavy (non-hydrogen) atoms. The van der Waals surface area contributed by atoms with E-state index in [0.29, 0.717) is 0 Å². The molecule has 4 heteroatoms. The van der Waals surface area contributed by atoms with Crippen LogP contribution in [0.25, 0.3) is 0 Å². The quantitative estimate of drug-likeness (QED) is 0.857. The number of nitrogens with zero attached hydrogens (tertiary/aromatic N) is 3. The van der Waals surface area contributed by atoms with Crippen molar-refractivity contribution in [2.45, 2.75) is 32.4 Å². The SMILES string of the molecule is CC(O)CN1CCC(CN(C)Cc2cccnc2)CC1. The fraction of sp³-hybridized carbons (Fsp3) is 0.688. The molecule has 0 amide bonds. The van der Waals surface area contributed by atoms with Crippen LogP contribution in [-0.2, 0) is 6.54 Å². The molecule has 4 nitrogen and oxygen atoms in total. The molecule has 1 unspecified atom stereocenters. The fourth-order valence-electron chi connectivity index (χ4n) is 3.03. The summed E-state index contributed by atoms with van der Waals surface area (Å²) in [6.45, 7) is 7.05. The third kappa shape index (κ3) is 5.19. The molecule has 1 aromatic heterocycles. The average molecular weight is 277 g/mol. The molecule has 1 N–H and O–H groups in total. The highest BCUT2D eigenvalue weighted by Crippen LogP contribution is 2.18. The van der Waals surface area contributed by atoms with Crippen LogP contribution in [-0.4, -0.2) is 59.2 Å². The monoisotopic (exact) mass is 277 g/mol. The number of pyridine rings is 1. The lowest BCUT2D eigenvalue weighted by Gasteiger charge is -2.34. The maximum Gasteiger partial charge on any atom is 0.0639 e. The molecule has 1 saturated heterocycles. The van der Waals surface area contributed by atoms with Gasteiger partial charge in [-0.15, -0.1) is 0 Å². The van der Waals surface area contributed by atoms with Crippen LogP contribution in [0, 0.1) is 5.92 Å². The van der Waals surface area contributed by atoms with Crippen LogP contribution in [0.2, 0.25) is 0 Å². The number of rotatable bonds is 6. The van der Waals surface area contributed by atoms with E-state index < -0.39 is 0 Å². The van der Waals surface area contributed by atoms with E-state index in [1.165, 1.54) is 18.4 Å². The summed E-state index contributed by atoms with van der Waals surface area (Å²) in [5, 5.41) is 9.42. The number of β-amino-alcohol motifs (C(OH)–C–C–N with tert-alkyl or cyclic N) is 1. The van der Waals surface area contributed by atoms with E-state index in [1.807, 2.05) is 25.4 Å². The van der Waals surface area contributed by atoms with Crippen LogP contribution in [0.15, 0.2) is 24.5 Å². The molecule has 1 fully saturated rings. The topological polar surface area (TPSA) is 39.6 Å². The van der Waals surface area contributed by atoms with Gasteiger partial charge in [-0.1, -0.05) is 6.07 Å². The van der Waals surface area contributed by atoms with E-state index in [0.717, 1.165) is 38.6 Å². The highest BCUT2D eigenvalue weighted by atomic mass is 16.3. The number of aliphatic hydroxyl groups is 1. The lowest BCUT2D eigenvalue weighted by atomic mass is 9.96. The third-order valence-electron chi connectivity index (χ3n) is 3.97. The molecule has 1 aliphatic heterocycles. The molecule has 1 atom stereocenters. The molecule has 2 rings (SSSR count). The van der Waals surface area contributed by atoms with Gasteiger partial charge in [-0.25, -0.2) is 0 Å². The summed E-state index contributed by atoms with van der Waals surface area (Å²) < 4.78 is 0. The fourth-order valence-corrected chi connectivity index (χ4v) is 3.03. The number of piperidine rings is 1. The maximum absolute atomic E-state index is 9.42. The summed E-state index contributed by atoms with van der Waals surface area (Å²) in [7, 11) is 2.19. The number of hydrogen-bond acceptors (Lipinski definition) is 4. The predicted molar refractivity (Wildman–Crippen MR) is 81.4 cm³/mol. The Labute approximate surface area is 122 Å². The molecular weight excluding hydrogens is 250 g/mol. The Kier molecular flexibility index (Phi) is 5.95. The Morgan fingerprint density at radius 1 is 1.45 bits per heavy atom. The summed E-state index contributed by atoms with van der Waals surface area (Å²) >= 11 is 0. The second-order valence-electron chi connectivity index (χ2n) is 6.15. The Bertz CT molecular complexity index is 375. The van der Waals surface area contributed by atoms with Gasteiger partial charge in [-0.05, 0) is 57.5 Å². The van der Waals surface area contributed by atoms with Gasteiger partial charge < -0.3 is 14.9 Å². The summed E-state index contributed by atoms with van der Waals surface area (Å²) in [5.41, 5.74) is 1.28. The van der Waals surface area contributed by atoms with Crippen molar-refractivity contribution in [2.24, 2.45) is 5.92 Å². The van der Waals surface area contributed by atoms with Gasteiger partial charge in [-0.3, -0.25) is 4.98 Å². The van der Waals surface area contributed by atoms with Crippen LogP contribution < -0.4 is 0 Å². The van der Waals surface area contributed by atoms with Crippen molar-refractivity contribution in [1.29, 1.82) is 0 Å². The van der Waals surface area contributed by atoms with E-state index in [2.05, 4.69) is 27.9 Å². The first-order valence-electron chi connectivity index (χ1n) is 7.61. The minimum Gasteiger partial charge on any atom is -0.392 e. The maximum atomic E-state index is 9.42. The van der Waals surface area contributed by atoms with E-state index in [4.69, 9.17) is 0 Å². The van der Waals surface area contributed by atoms with Crippen LogP contribution in [0.5, 0.6) is 0 Å². The lowest BCUT2D eigenvalue weighted by Crippen LogP contribution is -2.40. The van der Waals surface area contributed by atoms with Gasteiger partial charge in [0.25, 0.3) is 0 Å². The van der Waals surface area contributed by atoms with Gasteiger partial charge in [0, 0.05) is 32.0 Å². The van der Waals surface area contributed by atoms with E-state index >= 15 is 0 Å². The molecule has 0 aliphatic carbocycles. The minimum atomic E-state index is -0.209. The van der Waals surface area contributed by atoms with Crippen molar-refractivity contribution in [3.63, 3.8) is 0 Å². The van der Waals surface area contributed by atoms with Crippen molar-refractivity contribution < 1.29 is 5.11 Å². The zero-order valence-electron chi connectivity index (χ0n) is 12.7. The second kappa shape index (κ2) is 7.72. The molecule has 1 aliphatic rings. The Hall–Kier alpha value is -0.970. The second-order valence-corrected chi connectivity index (χ2v) is 6.15. The molecular formula is C16H27N3O. The van der Waals surface area contributed by atoms with Crippen molar-refractivity contribution in [3.8, 4) is 0 Å². The van der Waals surface area contributed by atoms with Crippen LogP contribution in [0.3, 0.4) is 0 Å². The number of aromatic nitrogens is 1. The van der Waals surface area contributed by atoms with Gasteiger partial charge in [-0.2, -0.15) is 0 Å². The van der Waals surface area contributed by atoms with Crippen molar-refractivity contribution in [2.75, 3.05) is 33.2 Å². The zero-order chi connectivity index (χ0) is 14.4. The number of likely N-dealkylation sites (tertiary alicyclic amines) is 1. The summed E-state index contributed by atoms with van der Waals surface area (Å²) in [6.07, 6.45) is 6.04. The van der Waals surface area contributed by atoms with Gasteiger partial charge in [0.05, 0.1) is 6.10 Å². The minimum absolute atomic E-state index is 0.209. The summed E-state index contributed by atoms with van der Waals surface area (Å²) in [5.74, 6) is 0.780. The molecule has 0 saturated carbocycles. The normalized spacial score (nSPS) is 19.4. The standard InChI is InChI=1S/C16H27N3O/c1-14(20)11-19-8-5-15(6-9-19)12-18(2)13-16-4-3-7-17-10-16/h3-4,7,10,14-15,20H,5-6,8-9,11-13H2,1-2H3. The van der Waals surface area contributed by atoms with Crippen LogP contribution >= 0.6 is 0 Å². The lowest BCUT2D eigenvalue weighted by molar-refractivity contribution is 0.0919. The van der Waals surface area contributed by atoms with Gasteiger partial charge in [0.1, 0.15) is 0 Å². The van der Waals surface area contributed by atoms with Crippen molar-refractivity contribution >= 4 is 0 Å². The molecule has 0 bridgehead atoms. The van der Waals surface area contributed by atoms with Crippen LogP contribution in [0.4, 0.5) is 0 Å². The largest absolute Gasteiger partial charge is 0.392 e. The summed E-state index contributed by atoms with van der Waals surface area (Å²) in [6, 6.07) is 4.13. The van der Waals surface area contributed by atoms with Gasteiger partial charge >= 0.3 is 0 Å².